The molecular weight excluding hydrogens is 401 g/mol. The molecule has 0 aliphatic rings. The third-order valence-corrected chi connectivity index (χ3v) is 6.22. The molecule has 0 radical (unpaired) electrons. The van der Waals surface area contributed by atoms with Crippen LogP contribution in [0.5, 0.6) is 0 Å². The van der Waals surface area contributed by atoms with E-state index in [0.29, 0.717) is 26.3 Å². The van der Waals surface area contributed by atoms with E-state index in [-0.39, 0.29) is 11.5 Å². The Morgan fingerprint density at radius 2 is 2.04 bits per heavy atom. The van der Waals surface area contributed by atoms with Crippen molar-refractivity contribution in [3.63, 3.8) is 0 Å². The van der Waals surface area contributed by atoms with Crippen LogP contribution in [0.25, 0.3) is 20.3 Å². The van der Waals surface area contributed by atoms with E-state index in [2.05, 4.69) is 11.6 Å². The Kier molecular flexibility index (Phi) is 4.62. The van der Waals surface area contributed by atoms with Gasteiger partial charge in [-0.15, -0.1) is 17.9 Å². The molecule has 140 valence electrons. The third-order valence-electron chi connectivity index (χ3n) is 4.08. The van der Waals surface area contributed by atoms with Crippen LogP contribution in [-0.2, 0) is 6.54 Å². The molecule has 2 aromatic heterocycles. The molecule has 0 saturated carbocycles. The van der Waals surface area contributed by atoms with E-state index < -0.39 is 10.8 Å². The van der Waals surface area contributed by atoms with Crippen LogP contribution < -0.4 is 4.80 Å². The van der Waals surface area contributed by atoms with E-state index in [1.807, 2.05) is 0 Å². The predicted molar refractivity (Wildman–Crippen MR) is 108 cm³/mol. The number of nitro groups is 1. The Morgan fingerprint density at radius 3 is 2.79 bits per heavy atom. The van der Waals surface area contributed by atoms with Gasteiger partial charge in [0, 0.05) is 28.8 Å². The van der Waals surface area contributed by atoms with Crippen LogP contribution in [0, 0.1) is 15.9 Å². The average molecular weight is 413 g/mol. The van der Waals surface area contributed by atoms with Gasteiger partial charge in [0.25, 0.3) is 11.6 Å². The number of thiazole rings is 1. The maximum Gasteiger partial charge on any atom is 0.289 e. The monoisotopic (exact) mass is 413 g/mol. The molecule has 6 nitrogen and oxygen atoms in total. The van der Waals surface area contributed by atoms with Crippen molar-refractivity contribution >= 4 is 54.6 Å². The van der Waals surface area contributed by atoms with Crippen molar-refractivity contribution < 1.29 is 14.1 Å². The van der Waals surface area contributed by atoms with Crippen molar-refractivity contribution in [1.82, 2.24) is 4.57 Å². The van der Waals surface area contributed by atoms with Crippen molar-refractivity contribution in [3.05, 3.63) is 80.7 Å². The largest absolute Gasteiger partial charge is 0.312 e. The highest BCUT2D eigenvalue weighted by molar-refractivity contribution is 7.21. The number of aromatic nitrogens is 1. The highest BCUT2D eigenvalue weighted by atomic mass is 32.1. The van der Waals surface area contributed by atoms with Crippen molar-refractivity contribution in [2.45, 2.75) is 6.54 Å². The van der Waals surface area contributed by atoms with Crippen molar-refractivity contribution in [3.8, 4) is 0 Å². The smallest absolute Gasteiger partial charge is 0.289 e. The summed E-state index contributed by atoms with van der Waals surface area (Å²) < 4.78 is 16.8. The number of benzene rings is 2. The summed E-state index contributed by atoms with van der Waals surface area (Å²) in [6, 6.07) is 10.5. The minimum Gasteiger partial charge on any atom is -0.312 e. The number of carbonyl (C=O) groups is 1. The molecule has 0 aliphatic heterocycles. The minimum absolute atomic E-state index is 0.0309. The lowest BCUT2D eigenvalue weighted by Gasteiger charge is -2.00. The second kappa shape index (κ2) is 7.10. The Labute approximate surface area is 165 Å². The Hall–Kier alpha value is -3.17. The molecular formula is C19H12FN3O3S2. The molecule has 4 rings (SSSR count). The zero-order valence-corrected chi connectivity index (χ0v) is 15.9. The maximum atomic E-state index is 13.5. The number of halogens is 1. The van der Waals surface area contributed by atoms with E-state index in [0.717, 1.165) is 10.2 Å². The summed E-state index contributed by atoms with van der Waals surface area (Å²) in [5, 5.41) is 11.5. The fraction of sp³-hybridized carbons (Fsp3) is 0.0526. The van der Waals surface area contributed by atoms with Crippen LogP contribution >= 0.6 is 22.7 Å². The lowest BCUT2D eigenvalue weighted by Crippen LogP contribution is -2.15. The molecule has 0 saturated heterocycles. The van der Waals surface area contributed by atoms with E-state index in [1.165, 1.54) is 46.9 Å². The third kappa shape index (κ3) is 3.25. The van der Waals surface area contributed by atoms with E-state index >= 15 is 0 Å². The molecule has 4 aromatic rings. The van der Waals surface area contributed by atoms with Crippen molar-refractivity contribution in [2.75, 3.05) is 0 Å². The minimum atomic E-state index is -0.475. The maximum absolute atomic E-state index is 13.5. The van der Waals surface area contributed by atoms with Gasteiger partial charge in [-0.1, -0.05) is 17.4 Å². The SMILES string of the molecule is C=CCn1c(=NC(=O)c2cc3cc([N+](=O)[O-])ccc3s2)sc2cc(F)ccc21. The van der Waals surface area contributed by atoms with Gasteiger partial charge in [-0.2, -0.15) is 4.99 Å². The summed E-state index contributed by atoms with van der Waals surface area (Å²) in [6.45, 7) is 4.15. The van der Waals surface area contributed by atoms with Crippen molar-refractivity contribution in [2.24, 2.45) is 4.99 Å². The van der Waals surface area contributed by atoms with Gasteiger partial charge >= 0.3 is 0 Å². The first kappa shape index (κ1) is 18.2. The number of nitro benzene ring substituents is 1. The van der Waals surface area contributed by atoms with Crippen LogP contribution in [0.2, 0.25) is 0 Å². The number of non-ortho nitro benzene ring substituents is 1. The summed E-state index contributed by atoms with van der Waals surface area (Å²) in [6.07, 6.45) is 1.68. The quantitative estimate of drug-likeness (QED) is 0.271. The number of carbonyl (C=O) groups excluding carboxylic acids is 1. The fourth-order valence-electron chi connectivity index (χ4n) is 2.83. The van der Waals surface area contributed by atoms with E-state index in [9.17, 15) is 19.3 Å². The van der Waals surface area contributed by atoms with E-state index in [4.69, 9.17) is 0 Å². The van der Waals surface area contributed by atoms with Gasteiger partial charge in [-0.25, -0.2) is 4.39 Å². The number of amides is 1. The molecule has 0 spiro atoms. The summed E-state index contributed by atoms with van der Waals surface area (Å²) >= 11 is 2.44. The summed E-state index contributed by atoms with van der Waals surface area (Å²) in [7, 11) is 0. The number of nitrogens with zero attached hydrogens (tertiary/aromatic N) is 3. The second-order valence-electron chi connectivity index (χ2n) is 5.90. The first-order chi connectivity index (χ1) is 13.5. The lowest BCUT2D eigenvalue weighted by molar-refractivity contribution is -0.384. The number of hydrogen-bond donors (Lipinski definition) is 0. The number of hydrogen-bond acceptors (Lipinski definition) is 5. The van der Waals surface area contributed by atoms with Crippen LogP contribution in [-0.4, -0.2) is 15.4 Å². The van der Waals surface area contributed by atoms with E-state index in [1.54, 1.807) is 28.8 Å². The topological polar surface area (TPSA) is 77.5 Å². The summed E-state index contributed by atoms with van der Waals surface area (Å²) in [5.74, 6) is -0.808. The standard InChI is InChI=1S/C19H12FN3O3S2/c1-2-7-22-14-5-3-12(20)10-16(14)28-19(22)21-18(24)17-9-11-8-13(23(25)26)4-6-15(11)27-17/h2-6,8-10H,1,7H2. The molecule has 0 fully saturated rings. The molecule has 9 heteroatoms. The van der Waals surface area contributed by atoms with Crippen LogP contribution in [0.4, 0.5) is 10.1 Å². The molecule has 0 aliphatic carbocycles. The van der Waals surface area contributed by atoms with Gasteiger partial charge in [0.05, 0.1) is 20.0 Å². The molecule has 0 atom stereocenters. The van der Waals surface area contributed by atoms with Gasteiger partial charge in [-0.3, -0.25) is 14.9 Å². The number of fused-ring (bicyclic) bond motifs is 2. The molecule has 0 bridgehead atoms. The number of allylic oxidation sites excluding steroid dienone is 1. The van der Waals surface area contributed by atoms with Crippen LogP contribution in [0.15, 0.2) is 60.1 Å². The van der Waals surface area contributed by atoms with Gasteiger partial charge in [0.2, 0.25) is 0 Å². The first-order valence-corrected chi connectivity index (χ1v) is 9.76. The summed E-state index contributed by atoms with van der Waals surface area (Å²) in [4.78, 5) is 28.2. The van der Waals surface area contributed by atoms with Gasteiger partial charge < -0.3 is 4.57 Å². The van der Waals surface area contributed by atoms with Crippen LogP contribution in [0.3, 0.4) is 0 Å². The highest BCUT2D eigenvalue weighted by Crippen LogP contribution is 2.29. The fourth-order valence-corrected chi connectivity index (χ4v) is 4.82. The zero-order chi connectivity index (χ0) is 19.8. The molecule has 28 heavy (non-hydrogen) atoms. The zero-order valence-electron chi connectivity index (χ0n) is 14.3. The Morgan fingerprint density at radius 1 is 1.21 bits per heavy atom. The molecule has 0 N–H and O–H groups in total. The molecule has 2 aromatic carbocycles. The number of rotatable bonds is 4. The van der Waals surface area contributed by atoms with Crippen molar-refractivity contribution in [1.29, 1.82) is 0 Å². The first-order valence-electron chi connectivity index (χ1n) is 8.13. The number of thiophene rings is 1. The highest BCUT2D eigenvalue weighted by Gasteiger charge is 2.14. The Balaban J connectivity index is 1.81. The molecule has 1 amide bonds. The van der Waals surface area contributed by atoms with Gasteiger partial charge in [0.15, 0.2) is 4.80 Å². The van der Waals surface area contributed by atoms with Gasteiger partial charge in [0.1, 0.15) is 5.82 Å². The normalized spacial score (nSPS) is 12.0. The van der Waals surface area contributed by atoms with Crippen LogP contribution in [0.1, 0.15) is 9.67 Å². The van der Waals surface area contributed by atoms with Gasteiger partial charge in [-0.05, 0) is 30.3 Å². The lowest BCUT2D eigenvalue weighted by atomic mass is 10.2. The average Bonchev–Trinajstić information content (AvgIpc) is 3.22. The molecule has 2 heterocycles. The summed E-state index contributed by atoms with van der Waals surface area (Å²) in [5.41, 5.74) is 0.737. The predicted octanol–water partition coefficient (Wildman–Crippen LogP) is 4.89. The second-order valence-corrected chi connectivity index (χ2v) is 8.00. The Bertz CT molecular complexity index is 1330. The molecule has 0 unspecified atom stereocenters.